The number of benzene rings is 1. The maximum atomic E-state index is 13.2. The summed E-state index contributed by atoms with van der Waals surface area (Å²) < 4.78 is 40.7. The first-order chi connectivity index (χ1) is 11.1. The van der Waals surface area contributed by atoms with Crippen molar-refractivity contribution in [2.75, 3.05) is 13.6 Å². The van der Waals surface area contributed by atoms with Crippen molar-refractivity contribution in [3.05, 3.63) is 29.6 Å². The van der Waals surface area contributed by atoms with Gasteiger partial charge in [0.1, 0.15) is 0 Å². The highest BCUT2D eigenvalue weighted by atomic mass is 19.4. The van der Waals surface area contributed by atoms with Gasteiger partial charge >= 0.3 is 6.18 Å². The first kappa shape index (κ1) is 18.3. The van der Waals surface area contributed by atoms with Crippen LogP contribution in [0.4, 0.5) is 13.2 Å². The summed E-state index contributed by atoms with van der Waals surface area (Å²) in [4.78, 5) is 15.8. The number of aromatic nitrogens is 2. The molecule has 0 aliphatic rings. The van der Waals surface area contributed by atoms with Gasteiger partial charge in [0.05, 0.1) is 11.0 Å². The molecule has 1 aromatic heterocycles. The monoisotopic (exact) mass is 342 g/mol. The van der Waals surface area contributed by atoms with Gasteiger partial charge in [0.15, 0.2) is 0 Å². The molecule has 2 N–H and O–H groups in total. The van der Waals surface area contributed by atoms with Gasteiger partial charge in [-0.25, -0.2) is 4.98 Å². The number of carbonyl (C=O) groups excluding carboxylic acids is 1. The molecule has 0 aliphatic carbocycles. The minimum Gasteiger partial charge on any atom is -0.350 e. The summed E-state index contributed by atoms with van der Waals surface area (Å²) in [6, 6.07) is 4.11. The van der Waals surface area contributed by atoms with E-state index in [2.05, 4.69) is 15.6 Å². The van der Waals surface area contributed by atoms with Crippen LogP contribution in [-0.2, 0) is 6.18 Å². The molecule has 2 rings (SSSR count). The Morgan fingerprint density at radius 2 is 1.96 bits per heavy atom. The summed E-state index contributed by atoms with van der Waals surface area (Å²) >= 11 is 0. The average Bonchev–Trinajstić information content (AvgIpc) is 2.91. The predicted octanol–water partition coefficient (Wildman–Crippen LogP) is 2.97. The van der Waals surface area contributed by atoms with E-state index in [4.69, 9.17) is 0 Å². The van der Waals surface area contributed by atoms with Crippen molar-refractivity contribution in [1.82, 2.24) is 20.2 Å². The zero-order chi connectivity index (χ0) is 18.1. The SMILES string of the molecule is CNC(C)CNC(=O)c1ccc2c(c1)nc(C(F)(F)F)n2C(C)C. The summed E-state index contributed by atoms with van der Waals surface area (Å²) in [7, 11) is 1.78. The molecular formula is C16H21F3N4O. The number of fused-ring (bicyclic) bond motifs is 1. The third-order valence-corrected chi connectivity index (χ3v) is 3.78. The summed E-state index contributed by atoms with van der Waals surface area (Å²) in [5.41, 5.74) is 0.802. The zero-order valence-corrected chi connectivity index (χ0v) is 14.0. The van der Waals surface area contributed by atoms with E-state index in [-0.39, 0.29) is 23.0 Å². The molecule has 0 saturated heterocycles. The van der Waals surface area contributed by atoms with E-state index in [0.29, 0.717) is 12.1 Å². The van der Waals surface area contributed by atoms with Crippen LogP contribution in [-0.4, -0.2) is 35.1 Å². The topological polar surface area (TPSA) is 58.9 Å². The van der Waals surface area contributed by atoms with Crippen molar-refractivity contribution in [2.24, 2.45) is 0 Å². The van der Waals surface area contributed by atoms with Crippen LogP contribution >= 0.6 is 0 Å². The van der Waals surface area contributed by atoms with Gasteiger partial charge in [-0.15, -0.1) is 0 Å². The standard InChI is InChI=1S/C16H21F3N4O/c1-9(2)23-13-6-5-11(14(24)21-8-10(3)20-4)7-12(13)22-15(23)16(17,18)19/h5-7,9-10,20H,8H2,1-4H3,(H,21,24). The average molecular weight is 342 g/mol. The number of amides is 1. The van der Waals surface area contributed by atoms with Gasteiger partial charge in [-0.3, -0.25) is 4.79 Å². The van der Waals surface area contributed by atoms with Crippen molar-refractivity contribution >= 4 is 16.9 Å². The van der Waals surface area contributed by atoms with Crippen LogP contribution < -0.4 is 10.6 Å². The molecule has 1 atom stereocenters. The Morgan fingerprint density at radius 3 is 2.50 bits per heavy atom. The second-order valence-corrected chi connectivity index (χ2v) is 6.00. The summed E-state index contributed by atoms with van der Waals surface area (Å²) in [5.74, 6) is -1.29. The van der Waals surface area contributed by atoms with E-state index in [1.165, 1.54) is 18.2 Å². The number of halogens is 3. The van der Waals surface area contributed by atoms with E-state index in [9.17, 15) is 18.0 Å². The van der Waals surface area contributed by atoms with E-state index >= 15 is 0 Å². The van der Waals surface area contributed by atoms with Gasteiger partial charge in [0.2, 0.25) is 5.82 Å². The zero-order valence-electron chi connectivity index (χ0n) is 14.0. The number of alkyl halides is 3. The molecule has 24 heavy (non-hydrogen) atoms. The van der Waals surface area contributed by atoms with E-state index < -0.39 is 18.0 Å². The van der Waals surface area contributed by atoms with Crippen molar-refractivity contribution in [1.29, 1.82) is 0 Å². The fourth-order valence-electron chi connectivity index (χ4n) is 2.41. The van der Waals surface area contributed by atoms with Crippen LogP contribution in [0.5, 0.6) is 0 Å². The highest BCUT2D eigenvalue weighted by Crippen LogP contribution is 2.33. The molecule has 1 aromatic carbocycles. The van der Waals surface area contributed by atoms with Crippen LogP contribution in [0.25, 0.3) is 11.0 Å². The highest BCUT2D eigenvalue weighted by molar-refractivity contribution is 5.97. The molecule has 0 aliphatic heterocycles. The lowest BCUT2D eigenvalue weighted by atomic mass is 10.1. The molecular weight excluding hydrogens is 321 g/mol. The molecule has 1 unspecified atom stereocenters. The largest absolute Gasteiger partial charge is 0.449 e. The Hall–Kier alpha value is -2.09. The molecule has 0 saturated carbocycles. The number of hydrogen-bond acceptors (Lipinski definition) is 3. The first-order valence-electron chi connectivity index (χ1n) is 7.69. The number of hydrogen-bond donors (Lipinski definition) is 2. The minimum atomic E-state index is -4.55. The maximum absolute atomic E-state index is 13.2. The van der Waals surface area contributed by atoms with Gasteiger partial charge in [-0.2, -0.15) is 13.2 Å². The van der Waals surface area contributed by atoms with E-state index in [1.54, 1.807) is 20.9 Å². The Bertz CT molecular complexity index is 737. The van der Waals surface area contributed by atoms with Gasteiger partial charge < -0.3 is 15.2 Å². The smallest absolute Gasteiger partial charge is 0.350 e. The Morgan fingerprint density at radius 1 is 1.29 bits per heavy atom. The molecule has 1 amide bonds. The fraction of sp³-hybridized carbons (Fsp3) is 0.500. The Labute approximate surface area is 138 Å². The lowest BCUT2D eigenvalue weighted by Crippen LogP contribution is -2.37. The van der Waals surface area contributed by atoms with Crippen molar-refractivity contribution in [3.8, 4) is 0 Å². The maximum Gasteiger partial charge on any atom is 0.449 e. The molecule has 0 bridgehead atoms. The lowest BCUT2D eigenvalue weighted by molar-refractivity contribution is -0.147. The van der Waals surface area contributed by atoms with E-state index in [1.807, 2.05) is 6.92 Å². The second kappa shape index (κ2) is 6.80. The Balaban J connectivity index is 2.40. The van der Waals surface area contributed by atoms with E-state index in [0.717, 1.165) is 4.57 Å². The van der Waals surface area contributed by atoms with Crippen LogP contribution in [0.15, 0.2) is 18.2 Å². The molecule has 132 valence electrons. The highest BCUT2D eigenvalue weighted by Gasteiger charge is 2.38. The van der Waals surface area contributed by atoms with Crippen LogP contribution in [0, 0.1) is 0 Å². The first-order valence-corrected chi connectivity index (χ1v) is 7.69. The number of imidazole rings is 1. The third kappa shape index (κ3) is 3.69. The van der Waals surface area contributed by atoms with Gasteiger partial charge in [-0.1, -0.05) is 0 Å². The molecule has 0 spiro atoms. The quantitative estimate of drug-likeness (QED) is 0.878. The third-order valence-electron chi connectivity index (χ3n) is 3.78. The normalized spacial score (nSPS) is 13.5. The summed E-state index contributed by atoms with van der Waals surface area (Å²) in [5, 5.41) is 5.72. The molecule has 8 heteroatoms. The molecule has 0 fully saturated rings. The number of carbonyl (C=O) groups is 1. The molecule has 0 radical (unpaired) electrons. The fourth-order valence-corrected chi connectivity index (χ4v) is 2.41. The minimum absolute atomic E-state index is 0.0923. The molecule has 1 heterocycles. The Kier molecular flexibility index (Phi) is 5.17. The van der Waals surface area contributed by atoms with Crippen LogP contribution in [0.1, 0.15) is 43.0 Å². The number of nitrogens with one attached hydrogen (secondary N) is 2. The molecule has 5 nitrogen and oxygen atoms in total. The number of rotatable bonds is 5. The lowest BCUT2D eigenvalue weighted by Gasteiger charge is -2.14. The van der Waals surface area contributed by atoms with Gasteiger partial charge in [-0.05, 0) is 46.0 Å². The van der Waals surface area contributed by atoms with Crippen LogP contribution in [0.3, 0.4) is 0 Å². The predicted molar refractivity (Wildman–Crippen MR) is 86.0 cm³/mol. The number of nitrogens with zero attached hydrogens (tertiary/aromatic N) is 2. The van der Waals surface area contributed by atoms with Gasteiger partial charge in [0, 0.05) is 24.2 Å². The van der Waals surface area contributed by atoms with Crippen LogP contribution in [0.2, 0.25) is 0 Å². The van der Waals surface area contributed by atoms with Crippen molar-refractivity contribution in [2.45, 2.75) is 39.0 Å². The molecule has 2 aromatic rings. The summed E-state index contributed by atoms with van der Waals surface area (Å²) in [6.07, 6.45) is -4.55. The van der Waals surface area contributed by atoms with Crippen molar-refractivity contribution in [3.63, 3.8) is 0 Å². The van der Waals surface area contributed by atoms with Crippen molar-refractivity contribution < 1.29 is 18.0 Å². The van der Waals surface area contributed by atoms with Gasteiger partial charge in [0.25, 0.3) is 5.91 Å². The second-order valence-electron chi connectivity index (χ2n) is 6.00. The summed E-state index contributed by atoms with van der Waals surface area (Å²) in [6.45, 7) is 5.65. The number of likely N-dealkylation sites (N-methyl/N-ethyl adjacent to an activating group) is 1.